The van der Waals surface area contributed by atoms with Gasteiger partial charge in [-0.3, -0.25) is 9.59 Å². The molecule has 0 atom stereocenters. The zero-order valence-corrected chi connectivity index (χ0v) is 15.6. The van der Waals surface area contributed by atoms with E-state index in [0.29, 0.717) is 28.8 Å². The lowest BCUT2D eigenvalue weighted by Crippen LogP contribution is -2.27. The molecule has 0 unspecified atom stereocenters. The van der Waals surface area contributed by atoms with Crippen LogP contribution in [0.1, 0.15) is 36.7 Å². The van der Waals surface area contributed by atoms with Crippen molar-refractivity contribution in [3.63, 3.8) is 0 Å². The number of hydrogen-bond donors (Lipinski definition) is 1. The Morgan fingerprint density at radius 2 is 1.78 bits per heavy atom. The SMILES string of the molecule is CCCCCn1nc(C(=O)Nc2ccccc2OC)c2ccccc2c1=O. The fourth-order valence-corrected chi connectivity index (χ4v) is 3.00. The number of anilines is 1. The van der Waals surface area contributed by atoms with Gasteiger partial charge >= 0.3 is 0 Å². The lowest BCUT2D eigenvalue weighted by Gasteiger charge is -2.13. The Kier molecular flexibility index (Phi) is 5.86. The van der Waals surface area contributed by atoms with E-state index in [9.17, 15) is 9.59 Å². The van der Waals surface area contributed by atoms with E-state index in [1.54, 1.807) is 43.5 Å². The van der Waals surface area contributed by atoms with Crippen LogP contribution in [0.2, 0.25) is 0 Å². The van der Waals surface area contributed by atoms with Crippen molar-refractivity contribution >= 4 is 22.4 Å². The smallest absolute Gasteiger partial charge is 0.276 e. The Labute approximate surface area is 157 Å². The Morgan fingerprint density at radius 3 is 2.52 bits per heavy atom. The summed E-state index contributed by atoms with van der Waals surface area (Å²) in [5.74, 6) is 0.186. The van der Waals surface area contributed by atoms with E-state index in [4.69, 9.17) is 4.74 Å². The summed E-state index contributed by atoms with van der Waals surface area (Å²) in [7, 11) is 1.55. The highest BCUT2D eigenvalue weighted by Gasteiger charge is 2.17. The second kappa shape index (κ2) is 8.49. The van der Waals surface area contributed by atoms with Crippen molar-refractivity contribution in [2.24, 2.45) is 0 Å². The zero-order valence-electron chi connectivity index (χ0n) is 15.6. The van der Waals surface area contributed by atoms with Gasteiger partial charge in [-0.25, -0.2) is 4.68 Å². The van der Waals surface area contributed by atoms with Crippen LogP contribution in [-0.4, -0.2) is 22.8 Å². The number of para-hydroxylation sites is 2. The van der Waals surface area contributed by atoms with Gasteiger partial charge in [0, 0.05) is 11.9 Å². The molecule has 2 aromatic carbocycles. The number of carbonyl (C=O) groups is 1. The summed E-state index contributed by atoms with van der Waals surface area (Å²) < 4.78 is 6.69. The summed E-state index contributed by atoms with van der Waals surface area (Å²) in [5.41, 5.74) is 0.614. The van der Waals surface area contributed by atoms with Gasteiger partial charge < -0.3 is 10.1 Å². The van der Waals surface area contributed by atoms with E-state index in [-0.39, 0.29) is 17.2 Å². The first-order valence-electron chi connectivity index (χ1n) is 9.10. The quantitative estimate of drug-likeness (QED) is 0.646. The van der Waals surface area contributed by atoms with Crippen LogP contribution in [0.15, 0.2) is 53.3 Å². The van der Waals surface area contributed by atoms with E-state index in [0.717, 1.165) is 19.3 Å². The van der Waals surface area contributed by atoms with Crippen molar-refractivity contribution < 1.29 is 9.53 Å². The summed E-state index contributed by atoms with van der Waals surface area (Å²) >= 11 is 0. The third kappa shape index (κ3) is 4.00. The van der Waals surface area contributed by atoms with E-state index < -0.39 is 0 Å². The number of ether oxygens (including phenoxy) is 1. The topological polar surface area (TPSA) is 73.2 Å². The minimum absolute atomic E-state index is 0.171. The van der Waals surface area contributed by atoms with Crippen molar-refractivity contribution in [3.05, 3.63) is 64.6 Å². The predicted molar refractivity (Wildman–Crippen MR) is 106 cm³/mol. The molecule has 0 saturated heterocycles. The first kappa shape index (κ1) is 18.6. The highest BCUT2D eigenvalue weighted by Crippen LogP contribution is 2.24. The predicted octanol–water partition coefficient (Wildman–Crippen LogP) is 3.85. The fraction of sp³-hybridized carbons (Fsp3) is 0.286. The standard InChI is InChI=1S/C21H23N3O3/c1-3-4-9-14-24-21(26)16-11-6-5-10-15(16)19(23-24)20(25)22-17-12-7-8-13-18(17)27-2/h5-8,10-13H,3-4,9,14H2,1-2H3,(H,22,25). The van der Waals surface area contributed by atoms with Crippen LogP contribution in [0.25, 0.3) is 10.8 Å². The number of fused-ring (bicyclic) bond motifs is 1. The maximum Gasteiger partial charge on any atom is 0.276 e. The molecular formula is C21H23N3O3. The number of hydrogen-bond acceptors (Lipinski definition) is 4. The number of unbranched alkanes of at least 4 members (excludes halogenated alkanes) is 2. The molecule has 1 amide bonds. The van der Waals surface area contributed by atoms with E-state index in [1.165, 1.54) is 4.68 Å². The molecule has 0 spiro atoms. The lowest BCUT2D eigenvalue weighted by molar-refractivity contribution is 0.102. The van der Waals surface area contributed by atoms with Crippen molar-refractivity contribution in [1.82, 2.24) is 9.78 Å². The summed E-state index contributed by atoms with van der Waals surface area (Å²) in [6.45, 7) is 2.59. The molecule has 0 aliphatic carbocycles. The monoisotopic (exact) mass is 365 g/mol. The maximum atomic E-state index is 12.9. The van der Waals surface area contributed by atoms with Gasteiger partial charge in [0.15, 0.2) is 5.69 Å². The van der Waals surface area contributed by atoms with Gasteiger partial charge in [-0.05, 0) is 24.6 Å². The van der Waals surface area contributed by atoms with Crippen LogP contribution in [0.5, 0.6) is 5.75 Å². The van der Waals surface area contributed by atoms with Gasteiger partial charge in [-0.1, -0.05) is 50.1 Å². The molecule has 140 valence electrons. The highest BCUT2D eigenvalue weighted by atomic mass is 16.5. The molecule has 0 bridgehead atoms. The third-order valence-corrected chi connectivity index (χ3v) is 4.41. The molecule has 1 aromatic heterocycles. The first-order valence-corrected chi connectivity index (χ1v) is 9.10. The zero-order chi connectivity index (χ0) is 19.2. The van der Waals surface area contributed by atoms with Crippen molar-refractivity contribution in [1.29, 1.82) is 0 Å². The second-order valence-electron chi connectivity index (χ2n) is 6.28. The number of methoxy groups -OCH3 is 1. The number of carbonyl (C=O) groups excluding carboxylic acids is 1. The van der Waals surface area contributed by atoms with Gasteiger partial charge in [0.25, 0.3) is 11.5 Å². The van der Waals surface area contributed by atoms with Gasteiger partial charge in [0.1, 0.15) is 5.75 Å². The van der Waals surface area contributed by atoms with Crippen LogP contribution in [0, 0.1) is 0 Å². The molecular weight excluding hydrogens is 342 g/mol. The molecule has 3 aromatic rings. The van der Waals surface area contributed by atoms with Crippen LogP contribution < -0.4 is 15.6 Å². The van der Waals surface area contributed by atoms with Crippen LogP contribution >= 0.6 is 0 Å². The van der Waals surface area contributed by atoms with Crippen molar-refractivity contribution in [3.8, 4) is 5.75 Å². The van der Waals surface area contributed by atoms with Crippen molar-refractivity contribution in [2.45, 2.75) is 32.7 Å². The number of amides is 1. The van der Waals surface area contributed by atoms with Gasteiger partial charge in [0.05, 0.1) is 18.2 Å². The summed E-state index contributed by atoms with van der Waals surface area (Å²) in [4.78, 5) is 25.7. The molecule has 27 heavy (non-hydrogen) atoms. The second-order valence-corrected chi connectivity index (χ2v) is 6.28. The van der Waals surface area contributed by atoms with Gasteiger partial charge in [0.2, 0.25) is 0 Å². The van der Waals surface area contributed by atoms with E-state index in [2.05, 4.69) is 17.3 Å². The molecule has 3 rings (SSSR count). The fourth-order valence-electron chi connectivity index (χ4n) is 3.00. The van der Waals surface area contributed by atoms with Crippen molar-refractivity contribution in [2.75, 3.05) is 12.4 Å². The van der Waals surface area contributed by atoms with Crippen LogP contribution in [0.3, 0.4) is 0 Å². The minimum atomic E-state index is -0.375. The number of nitrogens with one attached hydrogen (secondary N) is 1. The Morgan fingerprint density at radius 1 is 1.07 bits per heavy atom. The normalized spacial score (nSPS) is 10.7. The average molecular weight is 365 g/mol. The Balaban J connectivity index is 2.02. The van der Waals surface area contributed by atoms with Crippen LogP contribution in [0.4, 0.5) is 5.69 Å². The average Bonchev–Trinajstić information content (AvgIpc) is 2.70. The summed E-state index contributed by atoms with van der Waals surface area (Å²) in [6.07, 6.45) is 2.89. The number of aryl methyl sites for hydroxylation is 1. The Hall–Kier alpha value is -3.15. The molecule has 0 aliphatic heterocycles. The van der Waals surface area contributed by atoms with E-state index in [1.807, 2.05) is 12.1 Å². The third-order valence-electron chi connectivity index (χ3n) is 4.41. The van der Waals surface area contributed by atoms with Gasteiger partial charge in [-0.15, -0.1) is 0 Å². The molecule has 0 fully saturated rings. The highest BCUT2D eigenvalue weighted by molar-refractivity contribution is 6.11. The molecule has 1 N–H and O–H groups in total. The van der Waals surface area contributed by atoms with E-state index >= 15 is 0 Å². The number of rotatable bonds is 7. The first-order chi connectivity index (χ1) is 13.2. The van der Waals surface area contributed by atoms with Gasteiger partial charge in [-0.2, -0.15) is 5.10 Å². The molecule has 6 heteroatoms. The lowest BCUT2D eigenvalue weighted by atomic mass is 10.1. The largest absolute Gasteiger partial charge is 0.495 e. The molecule has 1 heterocycles. The molecule has 0 radical (unpaired) electrons. The maximum absolute atomic E-state index is 12.9. The molecule has 0 aliphatic rings. The number of nitrogens with zero attached hydrogens (tertiary/aromatic N) is 2. The number of benzene rings is 2. The summed E-state index contributed by atoms with van der Waals surface area (Å²) in [5, 5.41) is 8.25. The molecule has 0 saturated carbocycles. The Bertz CT molecular complexity index is 1010. The molecule has 6 nitrogen and oxygen atoms in total. The minimum Gasteiger partial charge on any atom is -0.495 e. The van der Waals surface area contributed by atoms with Crippen LogP contribution in [-0.2, 0) is 6.54 Å². The number of aromatic nitrogens is 2. The summed E-state index contributed by atoms with van der Waals surface area (Å²) in [6, 6.07) is 14.2.